The van der Waals surface area contributed by atoms with Gasteiger partial charge in [-0.05, 0) is 42.5 Å². The number of hydrogen-bond acceptors (Lipinski definition) is 4. The molecule has 3 aromatic carbocycles. The van der Waals surface area contributed by atoms with Crippen molar-refractivity contribution in [3.05, 3.63) is 96.7 Å². The summed E-state index contributed by atoms with van der Waals surface area (Å²) in [6.07, 6.45) is 0. The minimum absolute atomic E-state index is 0.206. The van der Waals surface area contributed by atoms with Crippen molar-refractivity contribution in [3.8, 4) is 16.9 Å². The van der Waals surface area contributed by atoms with E-state index in [-0.39, 0.29) is 5.91 Å². The standard InChI is InChI=1S/C26H24N4O2/c31-26(27-21-11-13-22(14-12-21)29-15-17-32-18-16-29)25-19-24(20-7-3-1-4-8-20)28-30(25)23-9-5-2-6-10-23/h1-14,19H,15-18H2,(H,27,31). The maximum absolute atomic E-state index is 13.2. The molecule has 5 rings (SSSR count). The lowest BCUT2D eigenvalue weighted by atomic mass is 10.1. The molecule has 32 heavy (non-hydrogen) atoms. The predicted octanol–water partition coefficient (Wildman–Crippen LogP) is 4.63. The molecule has 1 saturated heterocycles. The third-order valence-corrected chi connectivity index (χ3v) is 5.51. The first-order valence-electron chi connectivity index (χ1n) is 10.7. The van der Waals surface area contributed by atoms with Crippen LogP contribution < -0.4 is 10.2 Å². The molecule has 0 aliphatic carbocycles. The molecule has 1 fully saturated rings. The van der Waals surface area contributed by atoms with Crippen LogP contribution in [-0.2, 0) is 4.74 Å². The second kappa shape index (κ2) is 9.08. The van der Waals surface area contributed by atoms with Crippen LogP contribution in [0.25, 0.3) is 16.9 Å². The number of benzene rings is 3. The zero-order valence-electron chi connectivity index (χ0n) is 17.6. The number of ether oxygens (including phenoxy) is 1. The lowest BCUT2D eigenvalue weighted by molar-refractivity contribution is 0.101. The van der Waals surface area contributed by atoms with Gasteiger partial charge >= 0.3 is 0 Å². The van der Waals surface area contributed by atoms with Gasteiger partial charge in [0.1, 0.15) is 5.69 Å². The molecule has 1 aliphatic heterocycles. The average Bonchev–Trinajstić information content (AvgIpc) is 3.32. The first-order valence-corrected chi connectivity index (χ1v) is 10.7. The molecular formula is C26H24N4O2. The van der Waals surface area contributed by atoms with Crippen molar-refractivity contribution in [1.82, 2.24) is 9.78 Å². The van der Waals surface area contributed by atoms with Crippen LogP contribution >= 0.6 is 0 Å². The molecule has 0 spiro atoms. The number of amides is 1. The maximum Gasteiger partial charge on any atom is 0.274 e. The summed E-state index contributed by atoms with van der Waals surface area (Å²) in [5.74, 6) is -0.206. The van der Waals surface area contributed by atoms with E-state index < -0.39 is 0 Å². The van der Waals surface area contributed by atoms with E-state index in [0.29, 0.717) is 5.69 Å². The largest absolute Gasteiger partial charge is 0.378 e. The number of hydrogen-bond donors (Lipinski definition) is 1. The fraction of sp³-hybridized carbons (Fsp3) is 0.154. The lowest BCUT2D eigenvalue weighted by Gasteiger charge is -2.28. The van der Waals surface area contributed by atoms with Crippen molar-refractivity contribution in [2.24, 2.45) is 0 Å². The highest BCUT2D eigenvalue weighted by atomic mass is 16.5. The first kappa shape index (κ1) is 20.0. The number of nitrogens with one attached hydrogen (secondary N) is 1. The Morgan fingerprint density at radius 1 is 0.812 bits per heavy atom. The number of carbonyl (C=O) groups is 1. The molecular weight excluding hydrogens is 400 g/mol. The normalized spacial score (nSPS) is 13.7. The van der Waals surface area contributed by atoms with E-state index in [1.165, 1.54) is 0 Å². The van der Waals surface area contributed by atoms with Gasteiger partial charge in [0.2, 0.25) is 0 Å². The van der Waals surface area contributed by atoms with E-state index in [1.54, 1.807) is 4.68 Å². The topological polar surface area (TPSA) is 59.4 Å². The predicted molar refractivity (Wildman–Crippen MR) is 126 cm³/mol. The summed E-state index contributed by atoms with van der Waals surface area (Å²) in [5.41, 5.74) is 4.91. The molecule has 160 valence electrons. The minimum Gasteiger partial charge on any atom is -0.378 e. The monoisotopic (exact) mass is 424 g/mol. The van der Waals surface area contributed by atoms with Gasteiger partial charge in [-0.2, -0.15) is 5.10 Å². The summed E-state index contributed by atoms with van der Waals surface area (Å²) >= 11 is 0. The second-order valence-corrected chi connectivity index (χ2v) is 7.63. The van der Waals surface area contributed by atoms with Crippen LogP contribution in [-0.4, -0.2) is 42.0 Å². The Kier molecular flexibility index (Phi) is 5.68. The van der Waals surface area contributed by atoms with Gasteiger partial charge in [-0.1, -0.05) is 48.5 Å². The van der Waals surface area contributed by atoms with Gasteiger partial charge in [0.25, 0.3) is 5.91 Å². The summed E-state index contributed by atoms with van der Waals surface area (Å²) in [6, 6.07) is 29.3. The molecule has 0 unspecified atom stereocenters. The molecule has 6 nitrogen and oxygen atoms in total. The summed E-state index contributed by atoms with van der Waals surface area (Å²) in [7, 11) is 0. The number of carbonyl (C=O) groups excluding carboxylic acids is 1. The first-order chi connectivity index (χ1) is 15.8. The molecule has 0 saturated carbocycles. The van der Waals surface area contributed by atoms with E-state index in [1.807, 2.05) is 91.0 Å². The van der Waals surface area contributed by atoms with E-state index in [4.69, 9.17) is 9.84 Å². The third-order valence-electron chi connectivity index (χ3n) is 5.51. The van der Waals surface area contributed by atoms with Gasteiger partial charge in [-0.15, -0.1) is 0 Å². The van der Waals surface area contributed by atoms with Gasteiger partial charge in [-0.25, -0.2) is 4.68 Å². The molecule has 0 radical (unpaired) electrons. The summed E-state index contributed by atoms with van der Waals surface area (Å²) in [5, 5.41) is 7.75. The number of nitrogens with zero attached hydrogens (tertiary/aromatic N) is 3. The van der Waals surface area contributed by atoms with Crippen molar-refractivity contribution in [2.75, 3.05) is 36.5 Å². The Balaban J connectivity index is 1.42. The van der Waals surface area contributed by atoms with Crippen LogP contribution in [0.15, 0.2) is 91.0 Å². The van der Waals surface area contributed by atoms with E-state index >= 15 is 0 Å². The Morgan fingerprint density at radius 2 is 1.47 bits per heavy atom. The van der Waals surface area contributed by atoms with Crippen molar-refractivity contribution in [3.63, 3.8) is 0 Å². The van der Waals surface area contributed by atoms with Gasteiger partial charge in [0, 0.05) is 30.0 Å². The van der Waals surface area contributed by atoms with Gasteiger partial charge < -0.3 is 15.0 Å². The van der Waals surface area contributed by atoms with E-state index in [0.717, 1.165) is 54.6 Å². The molecule has 1 aliphatic rings. The number of anilines is 2. The molecule has 1 aromatic heterocycles. The SMILES string of the molecule is O=C(Nc1ccc(N2CCOCC2)cc1)c1cc(-c2ccccc2)nn1-c1ccccc1. The molecule has 0 bridgehead atoms. The molecule has 6 heteroatoms. The highest BCUT2D eigenvalue weighted by Crippen LogP contribution is 2.23. The Morgan fingerprint density at radius 3 is 2.16 bits per heavy atom. The Hall–Kier alpha value is -3.90. The Labute approximate surface area is 187 Å². The number of morpholine rings is 1. The van der Waals surface area contributed by atoms with Crippen molar-refractivity contribution in [1.29, 1.82) is 0 Å². The fourth-order valence-electron chi connectivity index (χ4n) is 3.83. The van der Waals surface area contributed by atoms with Gasteiger partial charge in [-0.3, -0.25) is 4.79 Å². The summed E-state index contributed by atoms with van der Waals surface area (Å²) in [4.78, 5) is 15.5. The molecule has 1 amide bonds. The van der Waals surface area contributed by atoms with Gasteiger partial charge in [0.15, 0.2) is 0 Å². The Bertz CT molecular complexity index is 1180. The van der Waals surface area contributed by atoms with Crippen LogP contribution in [0.1, 0.15) is 10.5 Å². The van der Waals surface area contributed by atoms with Crippen LogP contribution in [0.5, 0.6) is 0 Å². The molecule has 4 aromatic rings. The minimum atomic E-state index is -0.206. The number of para-hydroxylation sites is 1. The quantitative estimate of drug-likeness (QED) is 0.508. The van der Waals surface area contributed by atoms with Crippen molar-refractivity contribution in [2.45, 2.75) is 0 Å². The maximum atomic E-state index is 13.2. The zero-order valence-corrected chi connectivity index (χ0v) is 17.6. The fourth-order valence-corrected chi connectivity index (χ4v) is 3.83. The smallest absolute Gasteiger partial charge is 0.274 e. The van der Waals surface area contributed by atoms with Crippen LogP contribution in [0.4, 0.5) is 11.4 Å². The second-order valence-electron chi connectivity index (χ2n) is 7.63. The summed E-state index contributed by atoms with van der Waals surface area (Å²) in [6.45, 7) is 3.24. The zero-order chi connectivity index (χ0) is 21.8. The lowest BCUT2D eigenvalue weighted by Crippen LogP contribution is -2.36. The molecule has 1 N–H and O–H groups in total. The van der Waals surface area contributed by atoms with Crippen LogP contribution in [0, 0.1) is 0 Å². The van der Waals surface area contributed by atoms with Crippen molar-refractivity contribution >= 4 is 17.3 Å². The van der Waals surface area contributed by atoms with Crippen LogP contribution in [0.3, 0.4) is 0 Å². The number of rotatable bonds is 5. The third kappa shape index (κ3) is 4.26. The van der Waals surface area contributed by atoms with Crippen molar-refractivity contribution < 1.29 is 9.53 Å². The number of aromatic nitrogens is 2. The highest BCUT2D eigenvalue weighted by Gasteiger charge is 2.18. The average molecular weight is 425 g/mol. The molecule has 2 heterocycles. The summed E-state index contributed by atoms with van der Waals surface area (Å²) < 4.78 is 7.12. The van der Waals surface area contributed by atoms with E-state index in [2.05, 4.69) is 10.2 Å². The van der Waals surface area contributed by atoms with Gasteiger partial charge in [0.05, 0.1) is 24.6 Å². The van der Waals surface area contributed by atoms with E-state index in [9.17, 15) is 4.79 Å². The highest BCUT2D eigenvalue weighted by molar-refractivity contribution is 6.04. The van der Waals surface area contributed by atoms with Crippen LogP contribution in [0.2, 0.25) is 0 Å². The molecule has 0 atom stereocenters.